The maximum absolute atomic E-state index is 13.6. The van der Waals surface area contributed by atoms with E-state index in [1.165, 1.54) is 27.1 Å². The lowest BCUT2D eigenvalue weighted by Gasteiger charge is -2.16. The van der Waals surface area contributed by atoms with E-state index < -0.39 is 0 Å². The summed E-state index contributed by atoms with van der Waals surface area (Å²) in [6.07, 6.45) is 3.88. The number of carbonyl (C=O) groups excluding carboxylic acids is 1. The zero-order valence-electron chi connectivity index (χ0n) is 17.7. The minimum atomic E-state index is -0.371. The summed E-state index contributed by atoms with van der Waals surface area (Å²) in [5.74, 6) is -0.0470. The second-order valence-corrected chi connectivity index (χ2v) is 11.2. The summed E-state index contributed by atoms with van der Waals surface area (Å²) < 4.78 is 1.67. The number of carbonyl (C=O) groups is 1. The van der Waals surface area contributed by atoms with Crippen LogP contribution in [0.25, 0.3) is 15.9 Å². The molecule has 1 amide bonds. The average molecular weight is 482 g/mol. The minimum Gasteiger partial charge on any atom is -0.355 e. The van der Waals surface area contributed by atoms with Crippen LogP contribution < -0.4 is 10.9 Å². The monoisotopic (exact) mass is 481 g/mol. The van der Waals surface area contributed by atoms with Gasteiger partial charge in [-0.05, 0) is 61.7 Å². The van der Waals surface area contributed by atoms with Crippen molar-refractivity contribution in [2.24, 2.45) is 0 Å². The number of rotatable bonds is 7. The summed E-state index contributed by atoms with van der Waals surface area (Å²) in [5, 5.41) is 6.01. The lowest BCUT2D eigenvalue weighted by molar-refractivity contribution is -0.120. The second kappa shape index (κ2) is 9.21. The maximum atomic E-state index is 13.6. The van der Waals surface area contributed by atoms with Crippen molar-refractivity contribution in [2.75, 3.05) is 6.54 Å². The van der Waals surface area contributed by atoms with E-state index in [0.29, 0.717) is 11.7 Å². The molecule has 1 aliphatic rings. The Balaban J connectivity index is 1.45. The van der Waals surface area contributed by atoms with Crippen LogP contribution in [0.15, 0.2) is 57.8 Å². The summed E-state index contributed by atoms with van der Waals surface area (Å²) in [5.41, 5.74) is 1.91. The lowest BCUT2D eigenvalue weighted by Crippen LogP contribution is -2.33. The number of para-hydroxylation sites is 1. The van der Waals surface area contributed by atoms with Gasteiger partial charge in [-0.2, -0.15) is 0 Å². The van der Waals surface area contributed by atoms with Crippen molar-refractivity contribution >= 4 is 50.6 Å². The Morgan fingerprint density at radius 3 is 2.84 bits per heavy atom. The molecular weight excluding hydrogens is 458 g/mol. The van der Waals surface area contributed by atoms with Crippen molar-refractivity contribution in [3.8, 4) is 5.69 Å². The van der Waals surface area contributed by atoms with Gasteiger partial charge in [0.25, 0.3) is 5.56 Å². The fraction of sp³-hybridized carbons (Fsp3) is 0.292. The van der Waals surface area contributed by atoms with Gasteiger partial charge in [-0.3, -0.25) is 14.2 Å². The Morgan fingerprint density at radius 1 is 1.22 bits per heavy atom. The highest BCUT2D eigenvalue weighted by molar-refractivity contribution is 8.00. The fourth-order valence-corrected chi connectivity index (χ4v) is 6.99. The molecule has 0 bridgehead atoms. The molecule has 5 rings (SSSR count). The van der Waals surface area contributed by atoms with Crippen LogP contribution in [-0.2, 0) is 24.1 Å². The van der Waals surface area contributed by atoms with Gasteiger partial charge < -0.3 is 5.32 Å². The molecule has 8 heteroatoms. The Bertz CT molecular complexity index is 1310. The molecule has 0 radical (unpaired) electrons. The first kappa shape index (κ1) is 21.4. The van der Waals surface area contributed by atoms with Crippen LogP contribution in [0.4, 0.5) is 0 Å². The molecule has 1 aliphatic carbocycles. The lowest BCUT2D eigenvalue weighted by atomic mass is 10.2. The first-order valence-corrected chi connectivity index (χ1v) is 13.3. The molecule has 32 heavy (non-hydrogen) atoms. The van der Waals surface area contributed by atoms with Gasteiger partial charge in [0.05, 0.1) is 16.3 Å². The summed E-state index contributed by atoms with van der Waals surface area (Å²) in [4.78, 5) is 34.6. The highest BCUT2D eigenvalue weighted by atomic mass is 32.2. The van der Waals surface area contributed by atoms with Gasteiger partial charge in [-0.1, -0.05) is 36.0 Å². The highest BCUT2D eigenvalue weighted by Crippen LogP contribution is 2.36. The van der Waals surface area contributed by atoms with E-state index in [-0.39, 0.29) is 16.7 Å². The fourth-order valence-electron chi connectivity index (χ4n) is 4.03. The molecule has 0 fully saturated rings. The Hall–Kier alpha value is -2.42. The molecule has 164 valence electrons. The van der Waals surface area contributed by atoms with E-state index in [2.05, 4.69) is 11.4 Å². The number of thioether (sulfide) groups is 1. The van der Waals surface area contributed by atoms with Crippen LogP contribution >= 0.6 is 34.4 Å². The molecule has 0 aliphatic heterocycles. The van der Waals surface area contributed by atoms with Crippen LogP contribution in [0.3, 0.4) is 0 Å². The minimum absolute atomic E-state index is 0.0339. The van der Waals surface area contributed by atoms with Gasteiger partial charge in [-0.15, -0.1) is 22.7 Å². The predicted molar refractivity (Wildman–Crippen MR) is 134 cm³/mol. The van der Waals surface area contributed by atoms with Gasteiger partial charge >= 0.3 is 0 Å². The first-order chi connectivity index (χ1) is 15.6. The van der Waals surface area contributed by atoms with Crippen LogP contribution in [0.1, 0.15) is 28.7 Å². The Labute approximate surface area is 198 Å². The number of fused-ring (bicyclic) bond motifs is 3. The number of amides is 1. The van der Waals surface area contributed by atoms with Crippen LogP contribution in [0, 0.1) is 0 Å². The van der Waals surface area contributed by atoms with Gasteiger partial charge in [0.2, 0.25) is 5.91 Å². The van der Waals surface area contributed by atoms with Crippen molar-refractivity contribution in [2.45, 2.75) is 43.0 Å². The number of nitrogens with one attached hydrogen (secondary N) is 1. The molecule has 5 nitrogen and oxygen atoms in total. The molecular formula is C24H23N3O2S3. The third-order valence-corrected chi connectivity index (χ3v) is 8.80. The molecule has 4 aromatic rings. The number of hydrogen-bond acceptors (Lipinski definition) is 6. The van der Waals surface area contributed by atoms with Gasteiger partial charge in [-0.25, -0.2) is 4.98 Å². The first-order valence-electron chi connectivity index (χ1n) is 10.7. The van der Waals surface area contributed by atoms with E-state index in [9.17, 15) is 9.59 Å². The van der Waals surface area contributed by atoms with Crippen molar-refractivity contribution in [3.63, 3.8) is 0 Å². The van der Waals surface area contributed by atoms with E-state index in [0.717, 1.165) is 41.6 Å². The highest BCUT2D eigenvalue weighted by Gasteiger charge is 2.25. The number of thiophene rings is 2. The smallest absolute Gasteiger partial charge is 0.267 e. The quantitative estimate of drug-likeness (QED) is 0.303. The number of aryl methyl sites for hydroxylation is 2. The van der Waals surface area contributed by atoms with Gasteiger partial charge in [0.1, 0.15) is 4.83 Å². The van der Waals surface area contributed by atoms with E-state index in [4.69, 9.17) is 4.98 Å². The summed E-state index contributed by atoms with van der Waals surface area (Å²) in [6, 6.07) is 13.7. The third-order valence-electron chi connectivity index (χ3n) is 5.62. The van der Waals surface area contributed by atoms with Crippen molar-refractivity contribution in [1.29, 1.82) is 0 Å². The maximum Gasteiger partial charge on any atom is 0.267 e. The Kier molecular flexibility index (Phi) is 6.17. The molecule has 1 aromatic carbocycles. The summed E-state index contributed by atoms with van der Waals surface area (Å²) in [6.45, 7) is 2.46. The number of hydrogen-bond donors (Lipinski definition) is 1. The Morgan fingerprint density at radius 2 is 2.06 bits per heavy atom. The van der Waals surface area contributed by atoms with Crippen LogP contribution in [-0.4, -0.2) is 27.3 Å². The van der Waals surface area contributed by atoms with Gasteiger partial charge in [0.15, 0.2) is 5.16 Å². The van der Waals surface area contributed by atoms with Crippen LogP contribution in [0.2, 0.25) is 0 Å². The van der Waals surface area contributed by atoms with E-state index >= 15 is 0 Å². The molecule has 1 unspecified atom stereocenters. The van der Waals surface area contributed by atoms with Crippen molar-refractivity contribution in [1.82, 2.24) is 14.9 Å². The second-order valence-electron chi connectivity index (χ2n) is 7.79. The van der Waals surface area contributed by atoms with Crippen LogP contribution in [0.5, 0.6) is 0 Å². The van der Waals surface area contributed by atoms with Crippen molar-refractivity contribution in [3.05, 3.63) is 73.5 Å². The van der Waals surface area contributed by atoms with Gasteiger partial charge in [0, 0.05) is 16.3 Å². The number of benzene rings is 1. The summed E-state index contributed by atoms with van der Waals surface area (Å²) in [7, 11) is 0. The number of nitrogens with zero attached hydrogens (tertiary/aromatic N) is 2. The molecule has 3 aromatic heterocycles. The average Bonchev–Trinajstić information content (AvgIpc) is 3.52. The largest absolute Gasteiger partial charge is 0.355 e. The van der Waals surface area contributed by atoms with E-state index in [1.54, 1.807) is 27.2 Å². The zero-order valence-corrected chi connectivity index (χ0v) is 20.1. The third kappa shape index (κ3) is 4.14. The topological polar surface area (TPSA) is 64.0 Å². The predicted octanol–water partition coefficient (Wildman–Crippen LogP) is 4.84. The normalized spacial score (nSPS) is 13.9. The standard InChI is InChI=1S/C24H23N3O2S3/c1-15(21(28)25-13-12-17-9-6-14-30-17)31-24-26-22-20(18-10-5-11-19(18)32-22)23(29)27(24)16-7-3-2-4-8-16/h2-4,6-9,14-15H,5,10-13H2,1H3,(H,25,28). The molecule has 1 atom stereocenters. The molecule has 0 saturated heterocycles. The zero-order chi connectivity index (χ0) is 22.1. The van der Waals surface area contributed by atoms with E-state index in [1.807, 2.05) is 48.7 Å². The summed E-state index contributed by atoms with van der Waals surface area (Å²) >= 11 is 4.66. The number of aromatic nitrogens is 2. The van der Waals surface area contributed by atoms with Crippen molar-refractivity contribution < 1.29 is 4.79 Å². The molecule has 1 N–H and O–H groups in total. The molecule has 0 spiro atoms. The molecule has 3 heterocycles. The SMILES string of the molecule is CC(Sc1nc2sc3c(c2c(=O)n1-c1ccccc1)CCC3)C(=O)NCCc1cccs1. The molecule has 0 saturated carbocycles.